The van der Waals surface area contributed by atoms with E-state index in [2.05, 4.69) is 15.3 Å². The molecule has 2 aliphatic rings. The standard InChI is InChI=1S/C24H29F3N4O3/c1-23(2,3)34-22(32)31-12-19(30-21-28-10-17(11-29-21)16-6-7-16)20(13-31)33-14-15-4-8-18(9-5-15)24(25,26)27/h4-5,8-11,16,19-20H,6-7,12-14H2,1-3H3,(H,28,29,30)/t19-,20-/m1/s1. The van der Waals surface area contributed by atoms with Gasteiger partial charge in [0.25, 0.3) is 0 Å². The Kier molecular flexibility index (Phi) is 6.71. The van der Waals surface area contributed by atoms with E-state index in [9.17, 15) is 18.0 Å². The van der Waals surface area contributed by atoms with Crippen LogP contribution in [0.1, 0.15) is 56.2 Å². The second-order valence-corrected chi connectivity index (χ2v) is 9.79. The molecule has 1 aliphatic carbocycles. The number of halogens is 3. The fourth-order valence-corrected chi connectivity index (χ4v) is 3.76. The number of likely N-dealkylation sites (tertiary alicyclic amines) is 1. The quantitative estimate of drug-likeness (QED) is 0.631. The number of ether oxygens (including phenoxy) is 2. The highest BCUT2D eigenvalue weighted by Gasteiger charge is 2.38. The monoisotopic (exact) mass is 478 g/mol. The summed E-state index contributed by atoms with van der Waals surface area (Å²) in [7, 11) is 0. The van der Waals surface area contributed by atoms with Crippen molar-refractivity contribution in [2.75, 3.05) is 18.4 Å². The van der Waals surface area contributed by atoms with E-state index in [1.165, 1.54) is 12.1 Å². The molecule has 34 heavy (non-hydrogen) atoms. The van der Waals surface area contributed by atoms with Crippen molar-refractivity contribution in [2.45, 2.75) is 70.1 Å². The second kappa shape index (κ2) is 9.40. The van der Waals surface area contributed by atoms with Gasteiger partial charge in [-0.05, 0) is 62.8 Å². The fraction of sp³-hybridized carbons (Fsp3) is 0.542. The Bertz CT molecular complexity index is 987. The normalized spacial score (nSPS) is 20.9. The molecule has 0 radical (unpaired) electrons. The van der Waals surface area contributed by atoms with Crippen molar-refractivity contribution < 1.29 is 27.4 Å². The average Bonchev–Trinajstić information content (AvgIpc) is 3.52. The summed E-state index contributed by atoms with van der Waals surface area (Å²) in [6.45, 7) is 6.08. The predicted octanol–water partition coefficient (Wildman–Crippen LogP) is 4.99. The Hall–Kier alpha value is -2.88. The first-order valence-electron chi connectivity index (χ1n) is 11.3. The zero-order valence-corrected chi connectivity index (χ0v) is 19.4. The number of carbonyl (C=O) groups excluding carboxylic acids is 1. The van der Waals surface area contributed by atoms with Crippen molar-refractivity contribution >= 4 is 12.0 Å². The number of carbonyl (C=O) groups is 1. The summed E-state index contributed by atoms with van der Waals surface area (Å²) in [5, 5.41) is 3.25. The third-order valence-electron chi connectivity index (χ3n) is 5.70. The smallest absolute Gasteiger partial charge is 0.416 e. The fourth-order valence-electron chi connectivity index (χ4n) is 3.76. The molecular weight excluding hydrogens is 449 g/mol. The molecule has 2 atom stereocenters. The molecule has 4 rings (SSSR count). The molecule has 10 heteroatoms. The number of rotatable bonds is 6. The molecule has 1 amide bonds. The van der Waals surface area contributed by atoms with Gasteiger partial charge in [-0.3, -0.25) is 0 Å². The molecule has 2 fully saturated rings. The van der Waals surface area contributed by atoms with E-state index < -0.39 is 29.5 Å². The third-order valence-corrected chi connectivity index (χ3v) is 5.70. The summed E-state index contributed by atoms with van der Waals surface area (Å²) in [6, 6.07) is 4.54. The molecule has 1 aromatic heterocycles. The molecular formula is C24H29F3N4O3. The van der Waals surface area contributed by atoms with Gasteiger partial charge >= 0.3 is 12.3 Å². The van der Waals surface area contributed by atoms with Crippen LogP contribution in [0.2, 0.25) is 0 Å². The Morgan fingerprint density at radius 2 is 1.74 bits per heavy atom. The minimum atomic E-state index is -4.39. The van der Waals surface area contributed by atoms with Gasteiger partial charge in [-0.1, -0.05) is 12.1 Å². The van der Waals surface area contributed by atoms with Gasteiger partial charge in [0.05, 0.1) is 30.9 Å². The van der Waals surface area contributed by atoms with E-state index in [1.807, 2.05) is 12.4 Å². The summed E-state index contributed by atoms with van der Waals surface area (Å²) in [6.07, 6.45) is 0.666. The van der Waals surface area contributed by atoms with Crippen LogP contribution in [0.5, 0.6) is 0 Å². The molecule has 1 saturated heterocycles. The first-order chi connectivity index (χ1) is 16.0. The van der Waals surface area contributed by atoms with Crippen molar-refractivity contribution in [2.24, 2.45) is 0 Å². The minimum absolute atomic E-state index is 0.102. The lowest BCUT2D eigenvalue weighted by atomic mass is 10.1. The maximum Gasteiger partial charge on any atom is 0.416 e. The number of benzene rings is 1. The van der Waals surface area contributed by atoms with E-state index in [0.29, 0.717) is 24.0 Å². The number of amides is 1. The van der Waals surface area contributed by atoms with Crippen LogP contribution in [0, 0.1) is 0 Å². The molecule has 7 nitrogen and oxygen atoms in total. The van der Waals surface area contributed by atoms with Gasteiger partial charge in [-0.15, -0.1) is 0 Å². The topological polar surface area (TPSA) is 76.6 Å². The van der Waals surface area contributed by atoms with E-state index in [4.69, 9.17) is 9.47 Å². The third kappa shape index (κ3) is 6.37. The lowest BCUT2D eigenvalue weighted by molar-refractivity contribution is -0.137. The number of nitrogens with one attached hydrogen (secondary N) is 1. The van der Waals surface area contributed by atoms with Gasteiger partial charge in [0.2, 0.25) is 5.95 Å². The average molecular weight is 479 g/mol. The molecule has 1 aromatic carbocycles. The molecule has 0 spiro atoms. The zero-order valence-electron chi connectivity index (χ0n) is 19.4. The van der Waals surface area contributed by atoms with Crippen molar-refractivity contribution in [3.8, 4) is 0 Å². The zero-order chi connectivity index (χ0) is 24.5. The summed E-state index contributed by atoms with van der Waals surface area (Å²) in [5.41, 5.74) is 0.371. The molecule has 184 valence electrons. The van der Waals surface area contributed by atoms with Crippen LogP contribution in [-0.2, 0) is 22.3 Å². The molecule has 1 saturated carbocycles. The highest BCUT2D eigenvalue weighted by molar-refractivity contribution is 5.69. The first-order valence-corrected chi connectivity index (χ1v) is 11.3. The summed E-state index contributed by atoms with van der Waals surface area (Å²) < 4.78 is 50.0. The number of alkyl halides is 3. The van der Waals surface area contributed by atoms with Gasteiger partial charge in [0.15, 0.2) is 0 Å². The van der Waals surface area contributed by atoms with Crippen LogP contribution in [0.25, 0.3) is 0 Å². The highest BCUT2D eigenvalue weighted by atomic mass is 19.4. The second-order valence-electron chi connectivity index (χ2n) is 9.79. The van der Waals surface area contributed by atoms with E-state index in [1.54, 1.807) is 25.7 Å². The number of nitrogens with zero attached hydrogens (tertiary/aromatic N) is 3. The Morgan fingerprint density at radius 3 is 2.29 bits per heavy atom. The largest absolute Gasteiger partial charge is 0.444 e. The van der Waals surface area contributed by atoms with Gasteiger partial charge in [0, 0.05) is 18.9 Å². The summed E-state index contributed by atoms with van der Waals surface area (Å²) in [5.74, 6) is 0.978. The van der Waals surface area contributed by atoms with E-state index >= 15 is 0 Å². The van der Waals surface area contributed by atoms with Crippen molar-refractivity contribution in [3.05, 3.63) is 53.3 Å². The molecule has 0 bridgehead atoms. The van der Waals surface area contributed by atoms with Gasteiger partial charge in [-0.25, -0.2) is 14.8 Å². The van der Waals surface area contributed by atoms with Gasteiger partial charge < -0.3 is 19.7 Å². The van der Waals surface area contributed by atoms with Gasteiger partial charge in [0.1, 0.15) is 5.60 Å². The Labute approximate surface area is 196 Å². The van der Waals surface area contributed by atoms with Crippen LogP contribution in [-0.4, -0.2) is 51.8 Å². The number of anilines is 1. The van der Waals surface area contributed by atoms with E-state index in [-0.39, 0.29) is 19.2 Å². The van der Waals surface area contributed by atoms with Gasteiger partial charge in [-0.2, -0.15) is 13.2 Å². The van der Waals surface area contributed by atoms with E-state index in [0.717, 1.165) is 30.5 Å². The van der Waals surface area contributed by atoms with Crippen LogP contribution in [0.15, 0.2) is 36.7 Å². The maximum atomic E-state index is 12.8. The Morgan fingerprint density at radius 1 is 1.09 bits per heavy atom. The molecule has 2 aromatic rings. The predicted molar refractivity (Wildman–Crippen MR) is 119 cm³/mol. The molecule has 1 N–H and O–H groups in total. The number of hydrogen-bond acceptors (Lipinski definition) is 6. The highest BCUT2D eigenvalue weighted by Crippen LogP contribution is 2.39. The number of aromatic nitrogens is 2. The van der Waals surface area contributed by atoms with Crippen LogP contribution in [0.3, 0.4) is 0 Å². The summed E-state index contributed by atoms with van der Waals surface area (Å²) >= 11 is 0. The van der Waals surface area contributed by atoms with Crippen LogP contribution < -0.4 is 5.32 Å². The minimum Gasteiger partial charge on any atom is -0.444 e. The molecule has 2 heterocycles. The summed E-state index contributed by atoms with van der Waals surface area (Å²) in [4.78, 5) is 23.0. The van der Waals surface area contributed by atoms with Crippen molar-refractivity contribution in [3.63, 3.8) is 0 Å². The lowest BCUT2D eigenvalue weighted by Crippen LogP contribution is -2.36. The Balaban J connectivity index is 1.43. The van der Waals surface area contributed by atoms with Crippen LogP contribution in [0.4, 0.5) is 23.9 Å². The van der Waals surface area contributed by atoms with Crippen LogP contribution >= 0.6 is 0 Å². The first kappa shape index (κ1) is 24.3. The van der Waals surface area contributed by atoms with Crippen molar-refractivity contribution in [1.82, 2.24) is 14.9 Å². The maximum absolute atomic E-state index is 12.8. The molecule has 1 aliphatic heterocycles. The number of hydrogen-bond donors (Lipinski definition) is 1. The SMILES string of the molecule is CC(C)(C)OC(=O)N1C[C@@H](Nc2ncc(C3CC3)cn2)[C@H](OCc2ccc(C(F)(F)F)cc2)C1. The lowest BCUT2D eigenvalue weighted by Gasteiger charge is -2.24. The molecule has 0 unspecified atom stereocenters. The van der Waals surface area contributed by atoms with Crippen molar-refractivity contribution in [1.29, 1.82) is 0 Å².